The number of allylic oxidation sites excluding steroid dienone is 7. The molecule has 5 aromatic carbocycles. The van der Waals surface area contributed by atoms with Gasteiger partial charge in [0.25, 0.3) is 0 Å². The van der Waals surface area contributed by atoms with Crippen molar-refractivity contribution in [3.05, 3.63) is 214 Å². The van der Waals surface area contributed by atoms with Gasteiger partial charge in [-0.05, 0) is 70.8 Å². The number of anilines is 1. The molecule has 8 nitrogen and oxygen atoms in total. The fraction of sp³-hybridized carbons (Fsp3) is 0.125. The Kier molecular flexibility index (Phi) is 11.3. The van der Waals surface area contributed by atoms with E-state index in [1.54, 1.807) is 24.3 Å². The second-order valence-corrected chi connectivity index (χ2v) is 13.6. The highest BCUT2D eigenvalue weighted by molar-refractivity contribution is 6.39. The number of Topliss-reactive ketones (excluding diaryl/α,β-unsaturated/α-hetero) is 1. The molecule has 0 saturated carbocycles. The molecule has 0 aliphatic heterocycles. The smallest absolute Gasteiger partial charge is 0.337 e. The quantitative estimate of drug-likeness (QED) is 0.0778. The SMILES string of the molecule is COC(=O)c1ccc(CN(Cc2ccc(C(=O)OC)cc2)c2ccc(C3=C(O)C(=C4C=CC(=[N+](Cc5ccccc5)Cc5ccccc5)C=C4)C3=O)cc2)cc1. The van der Waals surface area contributed by atoms with Gasteiger partial charge in [0.15, 0.2) is 13.1 Å². The number of ether oxygens (including phenoxy) is 2. The van der Waals surface area contributed by atoms with Crippen molar-refractivity contribution in [3.63, 3.8) is 0 Å². The van der Waals surface area contributed by atoms with Gasteiger partial charge in [0, 0.05) is 42.1 Å². The summed E-state index contributed by atoms with van der Waals surface area (Å²) < 4.78 is 12.0. The summed E-state index contributed by atoms with van der Waals surface area (Å²) >= 11 is 0. The molecule has 0 amide bonds. The first-order chi connectivity index (χ1) is 27.3. The van der Waals surface area contributed by atoms with Crippen LogP contribution >= 0.6 is 0 Å². The number of aliphatic hydroxyl groups excluding tert-OH is 1. The predicted molar refractivity (Wildman–Crippen MR) is 217 cm³/mol. The fourth-order valence-electron chi connectivity index (χ4n) is 6.87. The number of esters is 2. The van der Waals surface area contributed by atoms with Gasteiger partial charge in [-0.2, -0.15) is 0 Å². The van der Waals surface area contributed by atoms with Crippen LogP contribution in [0.25, 0.3) is 5.57 Å². The molecule has 0 spiro atoms. The zero-order valence-corrected chi connectivity index (χ0v) is 31.2. The van der Waals surface area contributed by atoms with Crippen molar-refractivity contribution in [2.75, 3.05) is 19.1 Å². The molecule has 0 atom stereocenters. The molecule has 7 rings (SSSR count). The van der Waals surface area contributed by atoms with Gasteiger partial charge < -0.3 is 19.5 Å². The summed E-state index contributed by atoms with van der Waals surface area (Å²) in [7, 11) is 2.70. The zero-order valence-electron chi connectivity index (χ0n) is 31.2. The maximum absolute atomic E-state index is 13.6. The highest BCUT2D eigenvalue weighted by Crippen LogP contribution is 2.39. The second-order valence-electron chi connectivity index (χ2n) is 13.6. The molecule has 2 aliphatic rings. The highest BCUT2D eigenvalue weighted by Gasteiger charge is 2.36. The topological polar surface area (TPSA) is 96.2 Å². The Labute approximate surface area is 326 Å². The van der Waals surface area contributed by atoms with E-state index in [0.29, 0.717) is 40.9 Å². The van der Waals surface area contributed by atoms with Crippen LogP contribution in [-0.2, 0) is 40.4 Å². The lowest BCUT2D eigenvalue weighted by Crippen LogP contribution is -2.24. The Morgan fingerprint density at radius 2 is 1.04 bits per heavy atom. The number of hydrogen-bond acceptors (Lipinski definition) is 7. The molecule has 2 aliphatic carbocycles. The molecule has 56 heavy (non-hydrogen) atoms. The van der Waals surface area contributed by atoms with Crippen LogP contribution in [0, 0.1) is 0 Å². The second kappa shape index (κ2) is 17.0. The molecule has 8 heteroatoms. The number of hydrogen-bond donors (Lipinski definition) is 1. The van der Waals surface area contributed by atoms with Crippen molar-refractivity contribution in [2.24, 2.45) is 0 Å². The summed E-state index contributed by atoms with van der Waals surface area (Å²) in [6, 6.07) is 42.7. The number of nitrogens with zero attached hydrogens (tertiary/aromatic N) is 2. The van der Waals surface area contributed by atoms with Crippen LogP contribution in [-0.4, -0.2) is 47.3 Å². The number of ketones is 1. The number of carbonyl (C=O) groups is 3. The lowest BCUT2D eigenvalue weighted by molar-refractivity contribution is -0.558. The lowest BCUT2D eigenvalue weighted by atomic mass is 9.80. The molecule has 278 valence electrons. The molecule has 0 bridgehead atoms. The molecular formula is C48H41N2O6+. The molecule has 0 heterocycles. The summed E-state index contributed by atoms with van der Waals surface area (Å²) in [4.78, 5) is 39.8. The van der Waals surface area contributed by atoms with Gasteiger partial charge in [0.05, 0.1) is 36.5 Å². The first-order valence-corrected chi connectivity index (χ1v) is 18.3. The van der Waals surface area contributed by atoms with Crippen LogP contribution in [0.3, 0.4) is 0 Å². The van der Waals surface area contributed by atoms with E-state index in [-0.39, 0.29) is 17.1 Å². The summed E-state index contributed by atoms with van der Waals surface area (Å²) in [5.41, 5.74) is 9.02. The average Bonchev–Trinajstić information content (AvgIpc) is 3.24. The van der Waals surface area contributed by atoms with Crippen LogP contribution in [0.4, 0.5) is 5.69 Å². The number of aliphatic hydroxyl groups is 1. The number of methoxy groups -OCH3 is 2. The Morgan fingerprint density at radius 3 is 1.46 bits per heavy atom. The van der Waals surface area contributed by atoms with Crippen LogP contribution in [0.2, 0.25) is 0 Å². The van der Waals surface area contributed by atoms with Crippen molar-refractivity contribution in [2.45, 2.75) is 26.2 Å². The average molecular weight is 742 g/mol. The van der Waals surface area contributed by atoms with Crippen LogP contribution in [0.1, 0.15) is 48.5 Å². The van der Waals surface area contributed by atoms with E-state index in [4.69, 9.17) is 9.47 Å². The molecule has 0 radical (unpaired) electrons. The maximum atomic E-state index is 13.6. The first-order valence-electron chi connectivity index (χ1n) is 18.3. The molecule has 0 saturated heterocycles. The van der Waals surface area contributed by atoms with E-state index in [9.17, 15) is 19.5 Å². The van der Waals surface area contributed by atoms with Gasteiger partial charge in [-0.1, -0.05) is 97.1 Å². The molecule has 0 aromatic heterocycles. The lowest BCUT2D eigenvalue weighted by Gasteiger charge is -2.27. The van der Waals surface area contributed by atoms with Gasteiger partial charge in [-0.15, -0.1) is 0 Å². The summed E-state index contributed by atoms with van der Waals surface area (Å²) in [6.07, 6.45) is 7.80. The Balaban J connectivity index is 1.13. The minimum atomic E-state index is -0.403. The maximum Gasteiger partial charge on any atom is 0.337 e. The van der Waals surface area contributed by atoms with E-state index in [1.165, 1.54) is 25.3 Å². The summed E-state index contributed by atoms with van der Waals surface area (Å²) in [5.74, 6) is -1.03. The number of benzene rings is 5. The normalized spacial score (nSPS) is 13.4. The zero-order chi connectivity index (χ0) is 39.0. The van der Waals surface area contributed by atoms with Gasteiger partial charge in [0.1, 0.15) is 5.76 Å². The highest BCUT2D eigenvalue weighted by atomic mass is 16.5. The molecule has 5 aromatic rings. The number of carbonyl (C=O) groups excluding carboxylic acids is 3. The van der Waals surface area contributed by atoms with E-state index in [0.717, 1.165) is 35.6 Å². The van der Waals surface area contributed by atoms with Gasteiger partial charge >= 0.3 is 11.9 Å². The van der Waals surface area contributed by atoms with Crippen molar-refractivity contribution in [1.82, 2.24) is 0 Å². The van der Waals surface area contributed by atoms with Crippen molar-refractivity contribution >= 4 is 34.7 Å². The minimum Gasteiger partial charge on any atom is -0.506 e. The van der Waals surface area contributed by atoms with Gasteiger partial charge in [-0.3, -0.25) is 4.79 Å². The monoisotopic (exact) mass is 741 g/mol. The third kappa shape index (κ3) is 8.35. The van der Waals surface area contributed by atoms with E-state index in [1.807, 2.05) is 109 Å². The fourth-order valence-corrected chi connectivity index (χ4v) is 6.87. The third-order valence-corrected chi connectivity index (χ3v) is 9.90. The van der Waals surface area contributed by atoms with E-state index >= 15 is 0 Å². The molecule has 1 N–H and O–H groups in total. The van der Waals surface area contributed by atoms with Crippen LogP contribution < -0.4 is 4.90 Å². The third-order valence-electron chi connectivity index (χ3n) is 9.90. The Bertz CT molecular complexity index is 2280. The van der Waals surface area contributed by atoms with Crippen molar-refractivity contribution < 1.29 is 33.5 Å². The van der Waals surface area contributed by atoms with Crippen molar-refractivity contribution in [3.8, 4) is 0 Å². The standard InChI is InChI=1S/C48H40N2O6/c1-55-47(53)39-17-13-35(14-18-39)31-50(32-36-15-19-40(20-16-36)48(54)56-2)42-27-23-38(24-28-42)44-45(51)43(46(44)52)37-21-25-41(26-22-37)49(29-33-9-5-3-6-10-33)30-34-11-7-4-8-12-34/h3-28H,29-32H2,1-2H3/p+1. The van der Waals surface area contributed by atoms with Gasteiger partial charge in [0.2, 0.25) is 11.5 Å². The van der Waals surface area contributed by atoms with E-state index < -0.39 is 11.9 Å². The van der Waals surface area contributed by atoms with Crippen LogP contribution in [0.15, 0.2) is 175 Å². The predicted octanol–water partition coefficient (Wildman–Crippen LogP) is 8.59. The minimum absolute atomic E-state index is 0.0193. The van der Waals surface area contributed by atoms with Crippen LogP contribution in [0.5, 0.6) is 0 Å². The van der Waals surface area contributed by atoms with Crippen molar-refractivity contribution in [1.29, 1.82) is 0 Å². The molecule has 0 fully saturated rings. The Morgan fingerprint density at radius 1 is 0.571 bits per heavy atom. The summed E-state index contributed by atoms with van der Waals surface area (Å²) in [6.45, 7) is 2.45. The summed E-state index contributed by atoms with van der Waals surface area (Å²) in [5, 5.41) is 11.3. The molecule has 0 unspecified atom stereocenters. The van der Waals surface area contributed by atoms with Gasteiger partial charge in [-0.25, -0.2) is 14.2 Å². The number of rotatable bonds is 12. The first kappa shape index (κ1) is 37.3. The largest absolute Gasteiger partial charge is 0.506 e. The Hall–Kier alpha value is -7.06. The van der Waals surface area contributed by atoms with E-state index in [2.05, 4.69) is 33.7 Å². The molecular weight excluding hydrogens is 701 g/mol.